The molecule has 12 heavy (non-hydrogen) atoms. The highest BCUT2D eigenvalue weighted by atomic mass is 35.5. The number of hydrogen-bond donors (Lipinski definition) is 0. The van der Waals surface area contributed by atoms with Crippen molar-refractivity contribution >= 4 is 22.9 Å². The molecule has 0 amide bonds. The van der Waals surface area contributed by atoms with E-state index < -0.39 is 0 Å². The summed E-state index contributed by atoms with van der Waals surface area (Å²) in [5.41, 5.74) is 0. The summed E-state index contributed by atoms with van der Waals surface area (Å²) in [6.07, 6.45) is 3.37. The van der Waals surface area contributed by atoms with Crippen LogP contribution in [0, 0.1) is 0 Å². The molecule has 1 heterocycles. The lowest BCUT2D eigenvalue weighted by Gasteiger charge is -2.03. The van der Waals surface area contributed by atoms with Crippen LogP contribution in [0.25, 0.3) is 0 Å². The first kappa shape index (κ1) is 10.1. The van der Waals surface area contributed by atoms with Gasteiger partial charge in [-0.3, -0.25) is 0 Å². The predicted octanol–water partition coefficient (Wildman–Crippen LogP) is 4.39. The molecule has 68 valence electrons. The van der Waals surface area contributed by atoms with Gasteiger partial charge >= 0.3 is 0 Å². The predicted molar refractivity (Wildman–Crippen MR) is 57.2 cm³/mol. The van der Waals surface area contributed by atoms with Crippen LogP contribution in [0.1, 0.15) is 41.8 Å². The zero-order chi connectivity index (χ0) is 8.97. The molecular weight excluding hydrogens is 188 g/mol. The van der Waals surface area contributed by atoms with Crippen LogP contribution in [-0.2, 0) is 6.42 Å². The number of halogens is 1. The summed E-state index contributed by atoms with van der Waals surface area (Å²) in [4.78, 5) is 2.77. The van der Waals surface area contributed by atoms with Crippen LogP contribution >= 0.6 is 22.9 Å². The molecule has 1 unspecified atom stereocenters. The second-order valence-corrected chi connectivity index (χ2v) is 4.64. The maximum Gasteiger partial charge on any atom is 0.0678 e. The monoisotopic (exact) mass is 202 g/mol. The van der Waals surface area contributed by atoms with Gasteiger partial charge in [0.15, 0.2) is 0 Å². The average molecular weight is 203 g/mol. The molecule has 0 aromatic carbocycles. The quantitative estimate of drug-likeness (QED) is 0.636. The van der Waals surface area contributed by atoms with Crippen LogP contribution in [0.2, 0.25) is 0 Å². The van der Waals surface area contributed by atoms with Gasteiger partial charge in [-0.2, -0.15) is 0 Å². The Bertz CT molecular complexity index is 229. The minimum absolute atomic E-state index is 0.236. The van der Waals surface area contributed by atoms with E-state index in [9.17, 15) is 0 Å². The molecular formula is C10H15ClS. The molecule has 1 aromatic heterocycles. The van der Waals surface area contributed by atoms with E-state index in [2.05, 4.69) is 26.0 Å². The maximum absolute atomic E-state index is 6.19. The van der Waals surface area contributed by atoms with Gasteiger partial charge in [0.1, 0.15) is 0 Å². The fourth-order valence-electron chi connectivity index (χ4n) is 1.15. The fraction of sp³-hybridized carbons (Fsp3) is 0.600. The van der Waals surface area contributed by atoms with Crippen LogP contribution in [-0.4, -0.2) is 0 Å². The Morgan fingerprint density at radius 2 is 2.17 bits per heavy atom. The average Bonchev–Trinajstić information content (AvgIpc) is 2.52. The molecule has 0 bridgehead atoms. The number of hydrogen-bond acceptors (Lipinski definition) is 1. The molecule has 0 saturated heterocycles. The third-order valence-electron chi connectivity index (χ3n) is 1.88. The SMILES string of the molecule is CCCC(Cl)c1ccc(CC)s1. The molecule has 0 nitrogen and oxygen atoms in total. The molecule has 0 radical (unpaired) electrons. The van der Waals surface area contributed by atoms with Crippen molar-refractivity contribution in [1.82, 2.24) is 0 Å². The Hall–Kier alpha value is -0.0100. The van der Waals surface area contributed by atoms with Gasteiger partial charge in [-0.25, -0.2) is 0 Å². The number of rotatable bonds is 4. The summed E-state index contributed by atoms with van der Waals surface area (Å²) in [5.74, 6) is 0. The Balaban J connectivity index is 2.61. The Morgan fingerprint density at radius 1 is 1.42 bits per heavy atom. The van der Waals surface area contributed by atoms with E-state index in [1.165, 1.54) is 9.75 Å². The lowest BCUT2D eigenvalue weighted by molar-refractivity contribution is 0.780. The van der Waals surface area contributed by atoms with Crippen molar-refractivity contribution in [3.8, 4) is 0 Å². The summed E-state index contributed by atoms with van der Waals surface area (Å²) in [7, 11) is 0. The van der Waals surface area contributed by atoms with E-state index >= 15 is 0 Å². The Kier molecular flexibility index (Phi) is 4.10. The van der Waals surface area contributed by atoms with Crippen LogP contribution in [0.5, 0.6) is 0 Å². The van der Waals surface area contributed by atoms with Gasteiger partial charge < -0.3 is 0 Å². The smallest absolute Gasteiger partial charge is 0.0678 e. The maximum atomic E-state index is 6.19. The number of alkyl halides is 1. The summed E-state index contributed by atoms with van der Waals surface area (Å²) < 4.78 is 0. The summed E-state index contributed by atoms with van der Waals surface area (Å²) >= 11 is 8.04. The Labute approximate surface area is 83.6 Å². The van der Waals surface area contributed by atoms with Crippen molar-refractivity contribution in [2.45, 2.75) is 38.5 Å². The van der Waals surface area contributed by atoms with Crippen LogP contribution < -0.4 is 0 Å². The topological polar surface area (TPSA) is 0 Å². The van der Waals surface area contributed by atoms with Gasteiger partial charge in [0, 0.05) is 9.75 Å². The number of aryl methyl sites for hydroxylation is 1. The number of thiophene rings is 1. The second-order valence-electron chi connectivity index (χ2n) is 2.91. The van der Waals surface area contributed by atoms with Crippen LogP contribution in [0.4, 0.5) is 0 Å². The highest BCUT2D eigenvalue weighted by Crippen LogP contribution is 2.31. The van der Waals surface area contributed by atoms with Crippen molar-refractivity contribution in [2.24, 2.45) is 0 Å². The minimum atomic E-state index is 0.236. The van der Waals surface area contributed by atoms with E-state index in [1.54, 1.807) is 0 Å². The van der Waals surface area contributed by atoms with Crippen LogP contribution in [0.3, 0.4) is 0 Å². The molecule has 0 fully saturated rings. The molecule has 0 aliphatic carbocycles. The molecule has 0 aliphatic heterocycles. The second kappa shape index (κ2) is 4.88. The van der Waals surface area contributed by atoms with Gasteiger partial charge in [-0.1, -0.05) is 20.3 Å². The highest BCUT2D eigenvalue weighted by molar-refractivity contribution is 7.12. The van der Waals surface area contributed by atoms with Crippen molar-refractivity contribution in [3.05, 3.63) is 21.9 Å². The molecule has 0 spiro atoms. The first-order valence-electron chi connectivity index (χ1n) is 4.50. The standard InChI is InChI=1S/C10H15ClS/c1-3-5-9(11)10-7-6-8(4-2)12-10/h6-7,9H,3-5H2,1-2H3. The molecule has 1 atom stereocenters. The van der Waals surface area contributed by atoms with Gasteiger partial charge in [0.25, 0.3) is 0 Å². The zero-order valence-corrected chi connectivity index (χ0v) is 9.21. The van der Waals surface area contributed by atoms with Crippen molar-refractivity contribution in [3.63, 3.8) is 0 Å². The summed E-state index contributed by atoms with van der Waals surface area (Å²) in [5, 5.41) is 0.236. The van der Waals surface area contributed by atoms with Gasteiger partial charge in [0.05, 0.1) is 5.38 Å². The first-order chi connectivity index (χ1) is 5.77. The highest BCUT2D eigenvalue weighted by Gasteiger charge is 2.08. The van der Waals surface area contributed by atoms with E-state index in [0.717, 1.165) is 19.3 Å². The van der Waals surface area contributed by atoms with Crippen LogP contribution in [0.15, 0.2) is 12.1 Å². The molecule has 0 N–H and O–H groups in total. The third-order valence-corrected chi connectivity index (χ3v) is 3.81. The van der Waals surface area contributed by atoms with Crippen molar-refractivity contribution < 1.29 is 0 Å². The molecule has 0 saturated carbocycles. The Morgan fingerprint density at radius 3 is 2.67 bits per heavy atom. The molecule has 0 aliphatic rings. The largest absolute Gasteiger partial charge is 0.144 e. The summed E-state index contributed by atoms with van der Waals surface area (Å²) in [6, 6.07) is 4.35. The minimum Gasteiger partial charge on any atom is -0.144 e. The van der Waals surface area contributed by atoms with Crippen molar-refractivity contribution in [1.29, 1.82) is 0 Å². The molecule has 1 aromatic rings. The van der Waals surface area contributed by atoms with Crippen molar-refractivity contribution in [2.75, 3.05) is 0 Å². The summed E-state index contributed by atoms with van der Waals surface area (Å²) in [6.45, 7) is 4.35. The normalized spacial score (nSPS) is 13.2. The first-order valence-corrected chi connectivity index (χ1v) is 5.75. The molecule has 1 rings (SSSR count). The molecule has 2 heteroatoms. The lowest BCUT2D eigenvalue weighted by Crippen LogP contribution is -1.83. The van der Waals surface area contributed by atoms with E-state index in [1.807, 2.05) is 11.3 Å². The fourth-order valence-corrected chi connectivity index (χ4v) is 2.54. The van der Waals surface area contributed by atoms with E-state index in [-0.39, 0.29) is 5.38 Å². The van der Waals surface area contributed by atoms with E-state index in [4.69, 9.17) is 11.6 Å². The third kappa shape index (κ3) is 2.49. The zero-order valence-electron chi connectivity index (χ0n) is 7.64. The van der Waals surface area contributed by atoms with Gasteiger partial charge in [-0.15, -0.1) is 22.9 Å². The van der Waals surface area contributed by atoms with Gasteiger partial charge in [0.2, 0.25) is 0 Å². The lowest BCUT2D eigenvalue weighted by atomic mass is 10.2. The van der Waals surface area contributed by atoms with E-state index in [0.29, 0.717) is 0 Å². The van der Waals surface area contributed by atoms with Gasteiger partial charge in [-0.05, 0) is 25.0 Å².